The van der Waals surface area contributed by atoms with Crippen LogP contribution in [0.15, 0.2) is 36.4 Å². The first-order valence-electron chi connectivity index (χ1n) is 11.5. The molecule has 174 valence electrons. The van der Waals surface area contributed by atoms with Crippen LogP contribution in [0.3, 0.4) is 0 Å². The van der Waals surface area contributed by atoms with Gasteiger partial charge in [-0.3, -0.25) is 14.5 Å². The van der Waals surface area contributed by atoms with E-state index in [-0.39, 0.29) is 24.5 Å². The van der Waals surface area contributed by atoms with Gasteiger partial charge in [0, 0.05) is 19.4 Å². The smallest absolute Gasteiger partial charge is 0.226 e. The number of hydrogen-bond acceptors (Lipinski definition) is 6. The van der Waals surface area contributed by atoms with E-state index in [0.717, 1.165) is 41.3 Å². The van der Waals surface area contributed by atoms with Crippen molar-refractivity contribution in [2.45, 2.75) is 46.1 Å². The molecule has 3 aromatic rings. The minimum atomic E-state index is -0.211. The molecule has 0 atom stereocenters. The van der Waals surface area contributed by atoms with Gasteiger partial charge in [-0.15, -0.1) is 0 Å². The number of fused-ring (bicyclic) bond motifs is 1. The third-order valence-corrected chi connectivity index (χ3v) is 7.15. The quantitative estimate of drug-likeness (QED) is 0.448. The van der Waals surface area contributed by atoms with E-state index in [1.807, 2.05) is 19.1 Å². The van der Waals surface area contributed by atoms with Gasteiger partial charge in [-0.25, -0.2) is 4.98 Å². The number of nitrogens with zero attached hydrogens (tertiary/aromatic N) is 2. The van der Waals surface area contributed by atoms with Crippen LogP contribution >= 0.6 is 11.3 Å². The van der Waals surface area contributed by atoms with Gasteiger partial charge < -0.3 is 10.1 Å². The molecular formula is C26H31N3O3S. The molecule has 1 aromatic heterocycles. The summed E-state index contributed by atoms with van der Waals surface area (Å²) in [5.74, 6) is 1.04. The number of methoxy groups -OCH3 is 1. The number of rotatable bonds is 8. The molecule has 2 heterocycles. The number of anilines is 1. The fraction of sp³-hybridized carbons (Fsp3) is 0.423. The number of carbonyl (C=O) groups excluding carboxylic acids is 2. The van der Waals surface area contributed by atoms with Crippen molar-refractivity contribution < 1.29 is 14.3 Å². The van der Waals surface area contributed by atoms with Crippen LogP contribution in [0.1, 0.15) is 54.1 Å². The van der Waals surface area contributed by atoms with E-state index in [9.17, 15) is 9.59 Å². The van der Waals surface area contributed by atoms with Gasteiger partial charge in [-0.2, -0.15) is 0 Å². The van der Waals surface area contributed by atoms with E-state index in [2.05, 4.69) is 34.3 Å². The molecule has 1 saturated heterocycles. The summed E-state index contributed by atoms with van der Waals surface area (Å²) in [5, 5.41) is 3.43. The van der Waals surface area contributed by atoms with Gasteiger partial charge in [-0.1, -0.05) is 36.0 Å². The number of Topliss-reactive ketones (excluding diaryl/α,β-unsaturated/α-hetero) is 1. The Bertz CT molecular complexity index is 1150. The Morgan fingerprint density at radius 1 is 1.15 bits per heavy atom. The second-order valence-electron chi connectivity index (χ2n) is 8.95. The van der Waals surface area contributed by atoms with Crippen molar-refractivity contribution in [3.63, 3.8) is 0 Å². The summed E-state index contributed by atoms with van der Waals surface area (Å²) in [6.45, 7) is 7.50. The maximum Gasteiger partial charge on any atom is 0.226 e. The van der Waals surface area contributed by atoms with Gasteiger partial charge in [0.15, 0.2) is 10.9 Å². The lowest BCUT2D eigenvalue weighted by atomic mass is 9.99. The highest BCUT2D eigenvalue weighted by atomic mass is 32.1. The molecule has 1 aliphatic heterocycles. The fourth-order valence-corrected chi connectivity index (χ4v) is 5.13. The third-order valence-electron chi connectivity index (χ3n) is 6.22. The molecule has 0 spiro atoms. The summed E-state index contributed by atoms with van der Waals surface area (Å²) in [4.78, 5) is 32.1. The number of thiazole rings is 1. The summed E-state index contributed by atoms with van der Waals surface area (Å²) in [6.07, 6.45) is 2.75. The number of nitrogens with one attached hydrogen (secondary N) is 1. The second kappa shape index (κ2) is 10.4. The van der Waals surface area contributed by atoms with Crippen molar-refractivity contribution in [2.24, 2.45) is 5.92 Å². The first-order chi connectivity index (χ1) is 15.9. The van der Waals surface area contributed by atoms with Gasteiger partial charge in [-0.05, 0) is 68.6 Å². The van der Waals surface area contributed by atoms with E-state index < -0.39 is 0 Å². The molecule has 1 fully saturated rings. The SMILES string of the molecule is COc1ccc(C)cc1C(=O)CCC(=O)Nc1nc2ccc(CN3CCC(C)CC3)cc2s1. The summed E-state index contributed by atoms with van der Waals surface area (Å²) < 4.78 is 6.35. The molecule has 33 heavy (non-hydrogen) atoms. The number of carbonyl (C=O) groups is 2. The Hall–Kier alpha value is -2.77. The normalized spacial score (nSPS) is 15.0. The lowest BCUT2D eigenvalue weighted by Gasteiger charge is -2.30. The van der Waals surface area contributed by atoms with Gasteiger partial charge in [0.05, 0.1) is 22.9 Å². The van der Waals surface area contributed by atoms with Crippen molar-refractivity contribution in [2.75, 3.05) is 25.5 Å². The second-order valence-corrected chi connectivity index (χ2v) is 9.99. The molecule has 0 aliphatic carbocycles. The lowest BCUT2D eigenvalue weighted by molar-refractivity contribution is -0.116. The predicted molar refractivity (Wildman–Crippen MR) is 133 cm³/mol. The Morgan fingerprint density at radius 3 is 2.70 bits per heavy atom. The monoisotopic (exact) mass is 465 g/mol. The van der Waals surface area contributed by atoms with E-state index in [0.29, 0.717) is 16.4 Å². The van der Waals surface area contributed by atoms with Crippen molar-refractivity contribution in [1.29, 1.82) is 0 Å². The van der Waals surface area contributed by atoms with Gasteiger partial charge in [0.2, 0.25) is 5.91 Å². The van der Waals surface area contributed by atoms with E-state index >= 15 is 0 Å². The molecule has 2 aromatic carbocycles. The number of ether oxygens (including phenoxy) is 1. The summed E-state index contributed by atoms with van der Waals surface area (Å²) in [7, 11) is 1.54. The highest BCUT2D eigenvalue weighted by Gasteiger charge is 2.17. The predicted octanol–water partition coefficient (Wildman–Crippen LogP) is 5.45. The van der Waals surface area contributed by atoms with Crippen LogP contribution in [-0.2, 0) is 11.3 Å². The number of hydrogen-bond donors (Lipinski definition) is 1. The third kappa shape index (κ3) is 5.97. The zero-order valence-electron chi connectivity index (χ0n) is 19.5. The van der Waals surface area contributed by atoms with Gasteiger partial charge in [0.25, 0.3) is 0 Å². The number of likely N-dealkylation sites (tertiary alicyclic amines) is 1. The molecule has 1 N–H and O–H groups in total. The van der Waals surface area contributed by atoms with Gasteiger partial charge >= 0.3 is 0 Å². The average Bonchev–Trinajstić information content (AvgIpc) is 3.20. The first kappa shape index (κ1) is 23.4. The maximum atomic E-state index is 12.6. The van der Waals surface area contributed by atoms with E-state index in [1.54, 1.807) is 19.2 Å². The van der Waals surface area contributed by atoms with Crippen molar-refractivity contribution >= 4 is 38.4 Å². The molecular weight excluding hydrogens is 434 g/mol. The highest BCUT2D eigenvalue weighted by Crippen LogP contribution is 2.28. The summed E-state index contributed by atoms with van der Waals surface area (Å²) >= 11 is 1.47. The van der Waals surface area contributed by atoms with Crippen LogP contribution in [0.2, 0.25) is 0 Å². The Morgan fingerprint density at radius 2 is 1.94 bits per heavy atom. The van der Waals surface area contributed by atoms with Crippen molar-refractivity contribution in [3.8, 4) is 5.75 Å². The summed E-state index contributed by atoms with van der Waals surface area (Å²) in [5.41, 5.74) is 3.65. The molecule has 0 unspecified atom stereocenters. The minimum Gasteiger partial charge on any atom is -0.496 e. The number of benzene rings is 2. The molecule has 0 radical (unpaired) electrons. The van der Waals surface area contributed by atoms with Crippen molar-refractivity contribution in [1.82, 2.24) is 9.88 Å². The first-order valence-corrected chi connectivity index (χ1v) is 12.3. The largest absolute Gasteiger partial charge is 0.496 e. The maximum absolute atomic E-state index is 12.6. The molecule has 0 bridgehead atoms. The topological polar surface area (TPSA) is 71.5 Å². The van der Waals surface area contributed by atoms with Crippen LogP contribution in [0, 0.1) is 12.8 Å². The number of aryl methyl sites for hydroxylation is 1. The number of ketones is 1. The number of piperidine rings is 1. The fourth-order valence-electron chi connectivity index (χ4n) is 4.18. The van der Waals surface area contributed by atoms with E-state index in [4.69, 9.17) is 4.74 Å². The molecule has 1 amide bonds. The van der Waals surface area contributed by atoms with E-state index in [1.165, 1.54) is 29.7 Å². The highest BCUT2D eigenvalue weighted by molar-refractivity contribution is 7.22. The molecule has 0 saturated carbocycles. The minimum absolute atomic E-state index is 0.102. The Kier molecular flexibility index (Phi) is 7.40. The molecule has 1 aliphatic rings. The molecule has 6 nitrogen and oxygen atoms in total. The Balaban J connectivity index is 1.34. The lowest BCUT2D eigenvalue weighted by Crippen LogP contribution is -2.32. The molecule has 7 heteroatoms. The summed E-state index contributed by atoms with van der Waals surface area (Å²) in [6, 6.07) is 11.8. The standard InChI is InChI=1S/C26H31N3O3S/c1-17-10-12-29(13-11-17)16-19-5-6-21-24(15-19)33-26(27-21)28-25(31)9-7-22(30)20-14-18(2)4-8-23(20)32-3/h4-6,8,14-15,17H,7,9-13,16H2,1-3H3,(H,27,28,31). The van der Waals surface area contributed by atoms with Gasteiger partial charge in [0.1, 0.15) is 5.75 Å². The molecule has 4 rings (SSSR count). The number of amides is 1. The number of aromatic nitrogens is 1. The average molecular weight is 466 g/mol. The van der Waals surface area contributed by atoms with Crippen LogP contribution < -0.4 is 10.1 Å². The van der Waals surface area contributed by atoms with Crippen LogP contribution in [-0.4, -0.2) is 41.8 Å². The van der Waals surface area contributed by atoms with Crippen LogP contribution in [0.25, 0.3) is 10.2 Å². The van der Waals surface area contributed by atoms with Crippen LogP contribution in [0.5, 0.6) is 5.75 Å². The van der Waals surface area contributed by atoms with Crippen molar-refractivity contribution in [3.05, 3.63) is 53.1 Å². The zero-order chi connectivity index (χ0) is 23.4. The zero-order valence-corrected chi connectivity index (χ0v) is 20.3. The van der Waals surface area contributed by atoms with Crippen LogP contribution in [0.4, 0.5) is 5.13 Å². The Labute approximate surface area is 199 Å².